The number of thioether (sulfide) groups is 1. The molecule has 1 heterocycles. The molecule has 0 bridgehead atoms. The molecule has 0 aromatic carbocycles. The number of aryl methyl sites for hydroxylation is 1. The van der Waals surface area contributed by atoms with Crippen molar-refractivity contribution in [2.24, 2.45) is 7.05 Å². The summed E-state index contributed by atoms with van der Waals surface area (Å²) in [5.74, 6) is 0. The smallest absolute Gasteiger partial charge is 0.0537 e. The minimum Gasteiger partial charge on any atom is -0.309 e. The van der Waals surface area contributed by atoms with Crippen LogP contribution in [0.3, 0.4) is 0 Å². The van der Waals surface area contributed by atoms with Gasteiger partial charge in [-0.2, -0.15) is 16.9 Å². The maximum Gasteiger partial charge on any atom is 0.0537 e. The number of nitrogens with one attached hydrogen (secondary N) is 1. The monoisotopic (exact) mass is 225 g/mol. The normalized spacial score (nSPS) is 20.2. The molecular formula is C11H19N3S. The van der Waals surface area contributed by atoms with E-state index in [-0.39, 0.29) is 0 Å². The van der Waals surface area contributed by atoms with Crippen LogP contribution in [0.4, 0.5) is 0 Å². The van der Waals surface area contributed by atoms with Crippen LogP contribution in [0.2, 0.25) is 0 Å². The van der Waals surface area contributed by atoms with E-state index >= 15 is 0 Å². The van der Waals surface area contributed by atoms with Crippen molar-refractivity contribution in [2.45, 2.75) is 30.6 Å². The third kappa shape index (κ3) is 2.55. The van der Waals surface area contributed by atoms with Crippen LogP contribution >= 0.6 is 11.8 Å². The SMILES string of the molecule is CSC1(CNC(C)c2cnn(C)c2)CC1. The van der Waals surface area contributed by atoms with Crippen molar-refractivity contribution in [3.05, 3.63) is 18.0 Å². The van der Waals surface area contributed by atoms with Crippen molar-refractivity contribution in [3.63, 3.8) is 0 Å². The summed E-state index contributed by atoms with van der Waals surface area (Å²) in [6.07, 6.45) is 8.96. The molecule has 0 radical (unpaired) electrons. The summed E-state index contributed by atoms with van der Waals surface area (Å²) in [4.78, 5) is 0. The van der Waals surface area contributed by atoms with Gasteiger partial charge in [0.25, 0.3) is 0 Å². The minimum atomic E-state index is 0.406. The zero-order valence-corrected chi connectivity index (χ0v) is 10.5. The third-order valence-electron chi connectivity index (χ3n) is 3.20. The number of nitrogens with zero attached hydrogens (tertiary/aromatic N) is 2. The lowest BCUT2D eigenvalue weighted by Crippen LogP contribution is -2.28. The fourth-order valence-corrected chi connectivity index (χ4v) is 2.45. The number of rotatable bonds is 5. The lowest BCUT2D eigenvalue weighted by Gasteiger charge is -2.17. The number of hydrogen-bond acceptors (Lipinski definition) is 3. The molecule has 0 amide bonds. The Morgan fingerprint density at radius 3 is 2.87 bits per heavy atom. The number of hydrogen-bond donors (Lipinski definition) is 1. The van der Waals surface area contributed by atoms with E-state index in [0.717, 1.165) is 6.54 Å². The fourth-order valence-electron chi connectivity index (χ4n) is 1.71. The Bertz CT molecular complexity index is 330. The fraction of sp³-hybridized carbons (Fsp3) is 0.727. The Labute approximate surface area is 95.6 Å². The zero-order valence-electron chi connectivity index (χ0n) is 9.66. The van der Waals surface area contributed by atoms with Gasteiger partial charge < -0.3 is 5.32 Å². The van der Waals surface area contributed by atoms with Gasteiger partial charge in [0.1, 0.15) is 0 Å². The first kappa shape index (κ1) is 11.0. The largest absolute Gasteiger partial charge is 0.309 e. The van der Waals surface area contributed by atoms with Crippen molar-refractivity contribution in [1.82, 2.24) is 15.1 Å². The van der Waals surface area contributed by atoms with Crippen LogP contribution < -0.4 is 5.32 Å². The van der Waals surface area contributed by atoms with Gasteiger partial charge in [0, 0.05) is 36.1 Å². The average molecular weight is 225 g/mol. The summed E-state index contributed by atoms with van der Waals surface area (Å²) < 4.78 is 2.39. The van der Waals surface area contributed by atoms with Gasteiger partial charge in [-0.3, -0.25) is 4.68 Å². The van der Waals surface area contributed by atoms with Crippen LogP contribution in [0, 0.1) is 0 Å². The molecule has 1 aliphatic rings. The highest BCUT2D eigenvalue weighted by Crippen LogP contribution is 2.46. The minimum absolute atomic E-state index is 0.406. The Morgan fingerprint density at radius 2 is 2.40 bits per heavy atom. The lowest BCUT2D eigenvalue weighted by atomic mass is 10.2. The quantitative estimate of drug-likeness (QED) is 0.831. The summed E-state index contributed by atoms with van der Waals surface area (Å²) >= 11 is 2.00. The van der Waals surface area contributed by atoms with E-state index in [0.29, 0.717) is 10.8 Å². The predicted molar refractivity (Wildman–Crippen MR) is 65.1 cm³/mol. The van der Waals surface area contributed by atoms with Crippen molar-refractivity contribution in [1.29, 1.82) is 0 Å². The van der Waals surface area contributed by atoms with Gasteiger partial charge in [0.05, 0.1) is 6.20 Å². The summed E-state index contributed by atoms with van der Waals surface area (Å²) in [6.45, 7) is 3.32. The van der Waals surface area contributed by atoms with Crippen molar-refractivity contribution in [3.8, 4) is 0 Å². The highest BCUT2D eigenvalue weighted by atomic mass is 32.2. The van der Waals surface area contributed by atoms with Crippen molar-refractivity contribution >= 4 is 11.8 Å². The van der Waals surface area contributed by atoms with E-state index in [1.165, 1.54) is 18.4 Å². The molecule has 1 atom stereocenters. The maximum atomic E-state index is 4.19. The molecule has 1 aliphatic carbocycles. The highest BCUT2D eigenvalue weighted by molar-refractivity contribution is 8.00. The molecule has 2 rings (SSSR count). The average Bonchev–Trinajstić information content (AvgIpc) is 2.90. The van der Waals surface area contributed by atoms with Gasteiger partial charge >= 0.3 is 0 Å². The topological polar surface area (TPSA) is 29.9 Å². The molecule has 1 aromatic heterocycles. The molecule has 84 valence electrons. The molecule has 1 aromatic rings. The standard InChI is InChI=1S/C11H19N3S/c1-9(10-6-13-14(2)7-10)12-8-11(15-3)4-5-11/h6-7,9,12H,4-5,8H2,1-3H3. The molecule has 0 aliphatic heterocycles. The van der Waals surface area contributed by atoms with Gasteiger partial charge in [-0.1, -0.05) is 0 Å². The number of aromatic nitrogens is 2. The van der Waals surface area contributed by atoms with Crippen molar-refractivity contribution in [2.75, 3.05) is 12.8 Å². The second-order valence-corrected chi connectivity index (χ2v) is 5.71. The molecule has 1 saturated carbocycles. The molecule has 1 unspecified atom stereocenters. The first-order valence-corrected chi connectivity index (χ1v) is 6.65. The first-order valence-electron chi connectivity index (χ1n) is 5.42. The third-order valence-corrected chi connectivity index (χ3v) is 4.61. The van der Waals surface area contributed by atoms with E-state index in [4.69, 9.17) is 0 Å². The van der Waals surface area contributed by atoms with Gasteiger partial charge in [0.15, 0.2) is 0 Å². The molecule has 1 N–H and O–H groups in total. The second-order valence-electron chi connectivity index (χ2n) is 4.44. The van der Waals surface area contributed by atoms with E-state index in [9.17, 15) is 0 Å². The zero-order chi connectivity index (χ0) is 10.9. The lowest BCUT2D eigenvalue weighted by molar-refractivity contribution is 0.563. The Balaban J connectivity index is 1.85. The molecule has 3 nitrogen and oxygen atoms in total. The Kier molecular flexibility index (Phi) is 3.07. The molecular weight excluding hydrogens is 206 g/mol. The van der Waals surface area contributed by atoms with E-state index in [1.54, 1.807) is 0 Å². The van der Waals surface area contributed by atoms with Crippen molar-refractivity contribution < 1.29 is 0 Å². The summed E-state index contributed by atoms with van der Waals surface area (Å²) in [6, 6.07) is 0.406. The van der Waals surface area contributed by atoms with Gasteiger partial charge in [0.2, 0.25) is 0 Å². The summed E-state index contributed by atoms with van der Waals surface area (Å²) in [7, 11) is 1.96. The van der Waals surface area contributed by atoms with E-state index < -0.39 is 0 Å². The van der Waals surface area contributed by atoms with E-state index in [1.807, 2.05) is 29.7 Å². The van der Waals surface area contributed by atoms with Crippen LogP contribution in [0.1, 0.15) is 31.4 Å². The maximum absolute atomic E-state index is 4.19. The molecule has 0 spiro atoms. The predicted octanol–water partition coefficient (Wildman–Crippen LogP) is 1.97. The summed E-state index contributed by atoms with van der Waals surface area (Å²) in [5, 5.41) is 7.78. The van der Waals surface area contributed by atoms with Crippen LogP contribution in [0.5, 0.6) is 0 Å². The first-order chi connectivity index (χ1) is 7.15. The molecule has 1 fully saturated rings. The van der Waals surface area contributed by atoms with Crippen LogP contribution in [0.15, 0.2) is 12.4 Å². The highest BCUT2D eigenvalue weighted by Gasteiger charge is 2.41. The van der Waals surface area contributed by atoms with E-state index in [2.05, 4.69) is 29.8 Å². The Morgan fingerprint density at radius 1 is 1.67 bits per heavy atom. The summed E-state index contributed by atoms with van der Waals surface area (Å²) in [5.41, 5.74) is 1.27. The Hall–Kier alpha value is -0.480. The van der Waals surface area contributed by atoms with Gasteiger partial charge in [-0.05, 0) is 26.0 Å². The van der Waals surface area contributed by atoms with Crippen LogP contribution in [-0.4, -0.2) is 27.3 Å². The van der Waals surface area contributed by atoms with Crippen LogP contribution in [-0.2, 0) is 7.05 Å². The molecule has 0 saturated heterocycles. The molecule has 4 heteroatoms. The molecule has 15 heavy (non-hydrogen) atoms. The second kappa shape index (κ2) is 4.18. The van der Waals surface area contributed by atoms with Crippen LogP contribution in [0.25, 0.3) is 0 Å². The van der Waals surface area contributed by atoms with Gasteiger partial charge in [-0.15, -0.1) is 0 Å². The van der Waals surface area contributed by atoms with Gasteiger partial charge in [-0.25, -0.2) is 0 Å².